The summed E-state index contributed by atoms with van der Waals surface area (Å²) in [7, 11) is 1.99. The van der Waals surface area contributed by atoms with Crippen LogP contribution < -0.4 is 10.5 Å². The number of rotatable bonds is 7. The van der Waals surface area contributed by atoms with E-state index in [0.717, 1.165) is 11.1 Å². The van der Waals surface area contributed by atoms with E-state index in [-0.39, 0.29) is 42.6 Å². The molecule has 0 aromatic heterocycles. The van der Waals surface area contributed by atoms with Gasteiger partial charge in [-0.15, -0.1) is 0 Å². The molecule has 0 unspecified atom stereocenters. The Kier molecular flexibility index (Phi) is 5.89. The average Bonchev–Trinajstić information content (AvgIpc) is 3.19. The number of phenolic OH excluding ortho intramolecular Hbond substituents is 1. The number of benzene rings is 1. The molecule has 2 heterocycles. The largest absolute Gasteiger partial charge is 0.504 e. The summed E-state index contributed by atoms with van der Waals surface area (Å²) in [6, 6.07) is 2.55. The Hall–Kier alpha value is -2.95. The number of hydrogen-bond acceptors (Lipinski definition) is 10. The van der Waals surface area contributed by atoms with E-state index in [0.29, 0.717) is 25.1 Å². The van der Waals surface area contributed by atoms with Crippen LogP contribution in [0.25, 0.3) is 0 Å². The van der Waals surface area contributed by atoms with Gasteiger partial charge >= 0.3 is 11.9 Å². The number of Topliss-reactive ketones (excluding diaryl/α,β-unsaturated/α-hetero) is 1. The van der Waals surface area contributed by atoms with Crippen molar-refractivity contribution in [1.29, 1.82) is 0 Å². The second kappa shape index (κ2) is 8.57. The molecular formula is C26H32N2O8. The van der Waals surface area contributed by atoms with E-state index >= 15 is 0 Å². The zero-order chi connectivity index (χ0) is 26.0. The Balaban J connectivity index is 1.38. The van der Waals surface area contributed by atoms with Crippen LogP contribution >= 0.6 is 0 Å². The van der Waals surface area contributed by atoms with Gasteiger partial charge in [0.1, 0.15) is 11.5 Å². The molecule has 0 radical (unpaired) electrons. The van der Waals surface area contributed by atoms with E-state index in [2.05, 4.69) is 4.90 Å². The van der Waals surface area contributed by atoms with Gasteiger partial charge in [0.15, 0.2) is 23.7 Å². The molecule has 5 rings (SSSR count). The van der Waals surface area contributed by atoms with Crippen molar-refractivity contribution in [2.45, 2.75) is 81.3 Å². The number of piperidine rings is 1. The van der Waals surface area contributed by atoms with Crippen molar-refractivity contribution < 1.29 is 38.8 Å². The molecule has 2 aliphatic heterocycles. The number of ether oxygens (including phenoxy) is 3. The van der Waals surface area contributed by atoms with Crippen LogP contribution in [0.2, 0.25) is 0 Å². The highest BCUT2D eigenvalue weighted by Gasteiger charge is 2.72. The Morgan fingerprint density at radius 2 is 2.08 bits per heavy atom. The molecular weight excluding hydrogens is 468 g/mol. The van der Waals surface area contributed by atoms with Crippen LogP contribution in [0.5, 0.6) is 11.5 Å². The second-order valence-corrected chi connectivity index (χ2v) is 10.4. The Morgan fingerprint density at radius 1 is 1.33 bits per heavy atom. The fourth-order valence-electron chi connectivity index (χ4n) is 6.42. The van der Waals surface area contributed by atoms with Gasteiger partial charge < -0.3 is 35.1 Å². The number of carbonyl (C=O) groups is 3. The van der Waals surface area contributed by atoms with Crippen molar-refractivity contribution in [2.75, 3.05) is 13.6 Å². The SMILES string of the molecule is CC(=O)[C@@H](N)CCC(=O)O[C@@H](C)C(=O)OC1=CC[C@@]2(O)[C@H]3Cc4ccc(O)c5c4[C@@]2(CCN3C)[C@H]1O5. The lowest BCUT2D eigenvalue weighted by Gasteiger charge is -2.61. The van der Waals surface area contributed by atoms with Crippen LogP contribution in [-0.4, -0.2) is 76.3 Å². The number of likely N-dealkylation sites (tertiary alicyclic amines) is 1. The van der Waals surface area contributed by atoms with Gasteiger partial charge in [-0.25, -0.2) is 4.79 Å². The lowest BCUT2D eigenvalue weighted by atomic mass is 9.50. The second-order valence-electron chi connectivity index (χ2n) is 10.4. The first-order valence-corrected chi connectivity index (χ1v) is 12.3. The van der Waals surface area contributed by atoms with Gasteiger partial charge in [-0.1, -0.05) is 6.07 Å². The Bertz CT molecular complexity index is 1160. The molecule has 2 bridgehead atoms. The van der Waals surface area contributed by atoms with Crippen LogP contribution in [0, 0.1) is 0 Å². The number of nitrogens with two attached hydrogens (primary N) is 1. The van der Waals surface area contributed by atoms with Gasteiger partial charge in [-0.2, -0.15) is 0 Å². The zero-order valence-electron chi connectivity index (χ0n) is 20.7. The summed E-state index contributed by atoms with van der Waals surface area (Å²) in [4.78, 5) is 38.5. The van der Waals surface area contributed by atoms with Gasteiger partial charge in [0.25, 0.3) is 0 Å². The number of aliphatic hydroxyl groups is 1. The summed E-state index contributed by atoms with van der Waals surface area (Å²) in [5, 5.41) is 22.7. The molecule has 2 aliphatic carbocycles. The van der Waals surface area contributed by atoms with Crippen molar-refractivity contribution >= 4 is 17.7 Å². The maximum absolute atomic E-state index is 12.9. The fraction of sp³-hybridized carbons (Fsp3) is 0.577. The molecule has 0 amide bonds. The van der Waals surface area contributed by atoms with Crippen LogP contribution in [0.1, 0.15) is 50.7 Å². The molecule has 4 aliphatic rings. The number of hydrogen-bond donors (Lipinski definition) is 3. The third-order valence-electron chi connectivity index (χ3n) is 8.39. The first kappa shape index (κ1) is 24.7. The number of nitrogens with zero attached hydrogens (tertiary/aromatic N) is 1. The number of likely N-dealkylation sites (N-methyl/N-ethyl adjacent to an activating group) is 1. The first-order valence-electron chi connectivity index (χ1n) is 12.3. The molecule has 1 spiro atoms. The maximum Gasteiger partial charge on any atom is 0.352 e. The molecule has 1 aromatic rings. The van der Waals surface area contributed by atoms with Crippen LogP contribution in [0.4, 0.5) is 0 Å². The van der Waals surface area contributed by atoms with Crippen molar-refractivity contribution in [1.82, 2.24) is 4.90 Å². The summed E-state index contributed by atoms with van der Waals surface area (Å²) < 4.78 is 17.1. The predicted octanol–water partition coefficient (Wildman–Crippen LogP) is 0.841. The Labute approximate surface area is 209 Å². The zero-order valence-corrected chi connectivity index (χ0v) is 20.7. The summed E-state index contributed by atoms with van der Waals surface area (Å²) in [6.07, 6.45) is 1.10. The van der Waals surface area contributed by atoms with Crippen molar-refractivity contribution in [3.8, 4) is 11.5 Å². The van der Waals surface area contributed by atoms with Crippen molar-refractivity contribution in [2.24, 2.45) is 5.73 Å². The van der Waals surface area contributed by atoms with Gasteiger partial charge in [-0.05, 0) is 64.4 Å². The first-order chi connectivity index (χ1) is 17.0. The molecule has 1 fully saturated rings. The van der Waals surface area contributed by atoms with Crippen molar-refractivity contribution in [3.63, 3.8) is 0 Å². The van der Waals surface area contributed by atoms with Crippen LogP contribution in [0.15, 0.2) is 24.0 Å². The summed E-state index contributed by atoms with van der Waals surface area (Å²) >= 11 is 0. The van der Waals surface area contributed by atoms with Gasteiger partial charge in [0.2, 0.25) is 0 Å². The molecule has 36 heavy (non-hydrogen) atoms. The molecule has 0 saturated carbocycles. The highest BCUT2D eigenvalue weighted by atomic mass is 16.6. The van der Waals surface area contributed by atoms with E-state index in [4.69, 9.17) is 19.9 Å². The molecule has 194 valence electrons. The monoisotopic (exact) mass is 500 g/mol. The molecule has 4 N–H and O–H groups in total. The number of carbonyl (C=O) groups excluding carboxylic acids is 3. The molecule has 6 atom stereocenters. The number of esters is 2. The predicted molar refractivity (Wildman–Crippen MR) is 126 cm³/mol. The number of aromatic hydroxyl groups is 1. The third-order valence-corrected chi connectivity index (χ3v) is 8.39. The maximum atomic E-state index is 12.9. The average molecular weight is 501 g/mol. The summed E-state index contributed by atoms with van der Waals surface area (Å²) in [5.74, 6) is -1.14. The number of ketones is 1. The van der Waals surface area contributed by atoms with Crippen molar-refractivity contribution in [3.05, 3.63) is 35.1 Å². The minimum Gasteiger partial charge on any atom is -0.504 e. The molecule has 10 heteroatoms. The normalized spacial score (nSPS) is 31.4. The van der Waals surface area contributed by atoms with Crippen LogP contribution in [-0.2, 0) is 35.7 Å². The lowest BCUT2D eigenvalue weighted by Crippen LogP contribution is -2.74. The quantitative estimate of drug-likeness (QED) is 0.460. The summed E-state index contributed by atoms with van der Waals surface area (Å²) in [5.41, 5.74) is 5.41. The number of phenols is 1. The Morgan fingerprint density at radius 3 is 2.81 bits per heavy atom. The highest BCUT2D eigenvalue weighted by molar-refractivity contribution is 5.83. The molecule has 10 nitrogen and oxygen atoms in total. The third kappa shape index (κ3) is 3.46. The van der Waals surface area contributed by atoms with Gasteiger partial charge in [0.05, 0.1) is 17.1 Å². The standard InChI is InChI=1S/C26H32N2O8/c1-13(29)16(27)5-7-20(31)34-14(2)24(32)35-18-8-9-26(33)19-12-15-4-6-17(30)22-21(15)25(26,23(18)36-22)10-11-28(19)3/h4,6,8,14,16,19,23,30,33H,5,7,9-12,27H2,1-3H3/t14-,16-,19+,23-,25-,26+/m0/s1. The minimum absolute atomic E-state index is 0.0194. The molecule has 1 saturated heterocycles. The summed E-state index contributed by atoms with van der Waals surface area (Å²) in [6.45, 7) is 3.46. The smallest absolute Gasteiger partial charge is 0.352 e. The minimum atomic E-state index is -1.20. The molecule has 1 aromatic carbocycles. The van der Waals surface area contributed by atoms with Gasteiger partial charge in [-0.3, -0.25) is 9.59 Å². The van der Waals surface area contributed by atoms with Crippen LogP contribution in [0.3, 0.4) is 0 Å². The fourth-order valence-corrected chi connectivity index (χ4v) is 6.42. The van der Waals surface area contributed by atoms with E-state index in [1.165, 1.54) is 13.8 Å². The van der Waals surface area contributed by atoms with E-state index < -0.39 is 41.2 Å². The topological polar surface area (TPSA) is 149 Å². The van der Waals surface area contributed by atoms with Gasteiger partial charge in [0, 0.05) is 24.4 Å². The lowest BCUT2D eigenvalue weighted by molar-refractivity contribution is -0.175. The highest BCUT2D eigenvalue weighted by Crippen LogP contribution is 2.65. The van der Waals surface area contributed by atoms with E-state index in [9.17, 15) is 24.6 Å². The van der Waals surface area contributed by atoms with E-state index in [1.807, 2.05) is 13.1 Å². The van der Waals surface area contributed by atoms with E-state index in [1.54, 1.807) is 12.1 Å².